The SMILES string of the molecule is CC(=O)O.CCC(C)C(NC(=O)C(Cc1c[nH]c2ccccc12)NC(=O)C1CCCN1C(=O)C(CCCN=C(N)N)NC(=O)C(CCCCN)NC(=O)C1CCCN1C(=O)C(N)Cc1cnc[nH]1)C(=O)NC(CC(C)C)C(=O)O. The molecule has 2 fully saturated rings. The number of carbonyl (C=O) groups is 9. The minimum Gasteiger partial charge on any atom is -0.481 e. The third kappa shape index (κ3) is 19.7. The van der Waals surface area contributed by atoms with Crippen molar-refractivity contribution >= 4 is 70.2 Å². The van der Waals surface area contributed by atoms with Gasteiger partial charge in [-0.1, -0.05) is 52.3 Å². The monoisotopic (exact) mass is 1110 g/mol. The van der Waals surface area contributed by atoms with E-state index in [1.54, 1.807) is 19.3 Å². The van der Waals surface area contributed by atoms with Crippen LogP contribution in [0.4, 0.5) is 0 Å². The zero-order valence-electron chi connectivity index (χ0n) is 46.0. The number of aliphatic carboxylic acids is 2. The van der Waals surface area contributed by atoms with Crippen molar-refractivity contribution in [2.24, 2.45) is 39.8 Å². The van der Waals surface area contributed by atoms with Crippen molar-refractivity contribution in [3.8, 4) is 0 Å². The van der Waals surface area contributed by atoms with Crippen LogP contribution in [0.25, 0.3) is 10.9 Å². The minimum absolute atomic E-state index is 0.0201. The van der Waals surface area contributed by atoms with E-state index in [-0.39, 0.29) is 69.9 Å². The number of carboxylic acids is 2. The summed E-state index contributed by atoms with van der Waals surface area (Å²) in [5.41, 5.74) is 25.4. The zero-order chi connectivity index (χ0) is 58.3. The Hall–Kier alpha value is -7.61. The summed E-state index contributed by atoms with van der Waals surface area (Å²) in [5.74, 6) is -6.94. The molecule has 436 valence electrons. The first-order valence-electron chi connectivity index (χ1n) is 27.1. The number of imidazole rings is 1. The van der Waals surface area contributed by atoms with E-state index in [9.17, 15) is 43.5 Å². The van der Waals surface area contributed by atoms with Crippen molar-refractivity contribution in [1.82, 2.24) is 51.3 Å². The number of benzene rings is 1. The van der Waals surface area contributed by atoms with E-state index >= 15 is 0 Å². The third-order valence-electron chi connectivity index (χ3n) is 14.0. The van der Waals surface area contributed by atoms with Crippen LogP contribution >= 0.6 is 0 Å². The van der Waals surface area contributed by atoms with Crippen LogP contribution in [0.5, 0.6) is 0 Å². The molecule has 4 heterocycles. The maximum atomic E-state index is 14.8. The highest BCUT2D eigenvalue weighted by atomic mass is 16.4. The molecule has 2 saturated heterocycles. The Labute approximate surface area is 460 Å². The van der Waals surface area contributed by atoms with Crippen LogP contribution in [0.2, 0.25) is 0 Å². The first-order valence-corrected chi connectivity index (χ1v) is 27.1. The fourth-order valence-electron chi connectivity index (χ4n) is 9.71. The van der Waals surface area contributed by atoms with Crippen molar-refractivity contribution in [3.63, 3.8) is 0 Å². The number of nitrogens with zero attached hydrogens (tertiary/aromatic N) is 4. The zero-order valence-corrected chi connectivity index (χ0v) is 46.0. The molecule has 0 spiro atoms. The standard InChI is InChI=1S/C51H79N15O9.C2H4O2/c1-5-30(4)42(47(71)63-39(50(74)75)23-29(2)3)64-44(68)38(24-31-26-58-35-14-7-6-13-33(31)35)62-46(70)41-18-12-22-66(41)49(73)37(16-10-20-57-51(54)55)61-43(67)36(15-8-9-19-52)60-45(69)40-17-11-21-65(40)48(72)34(53)25-32-27-56-28-59-32;1-2(3)4/h6-7,13-14,26-30,34,36-42,58H,5,8-12,15-25,52-53H2,1-4H3,(H,56,59)(H,60,69)(H,61,67)(H,62,70)(H,63,71)(H,64,68)(H,74,75)(H4,54,55,57);1H3,(H,3,4). The molecule has 1 aromatic carbocycles. The smallest absolute Gasteiger partial charge is 0.326 e. The first kappa shape index (κ1) is 63.9. The number of hydrogen-bond donors (Lipinski definition) is 13. The van der Waals surface area contributed by atoms with Gasteiger partial charge in [0, 0.05) is 68.4 Å². The van der Waals surface area contributed by atoms with Gasteiger partial charge in [0.25, 0.3) is 5.97 Å². The van der Waals surface area contributed by atoms with Crippen LogP contribution in [-0.2, 0) is 56.0 Å². The molecule has 0 bridgehead atoms. The molecule has 7 amide bonds. The van der Waals surface area contributed by atoms with Crippen LogP contribution in [-0.4, -0.2) is 169 Å². The molecule has 5 rings (SSSR count). The van der Waals surface area contributed by atoms with Gasteiger partial charge in [0.15, 0.2) is 5.96 Å². The number of aliphatic imine (C=N–C) groups is 1. The second kappa shape index (κ2) is 31.7. The molecule has 3 aromatic rings. The Morgan fingerprint density at radius 3 is 1.94 bits per heavy atom. The van der Waals surface area contributed by atoms with E-state index in [2.05, 4.69) is 46.5 Å². The Morgan fingerprint density at radius 2 is 1.35 bits per heavy atom. The molecule has 9 unspecified atom stereocenters. The lowest BCUT2D eigenvalue weighted by Gasteiger charge is -2.32. The van der Waals surface area contributed by atoms with Gasteiger partial charge in [0.05, 0.1) is 12.4 Å². The lowest BCUT2D eigenvalue weighted by atomic mass is 9.96. The number of nitrogens with one attached hydrogen (secondary N) is 7. The molecule has 0 saturated carbocycles. The number of hydrogen-bond acceptors (Lipinski definition) is 13. The van der Waals surface area contributed by atoms with Gasteiger partial charge in [0.2, 0.25) is 41.4 Å². The summed E-state index contributed by atoms with van der Waals surface area (Å²) in [6, 6.07) is -1.48. The molecule has 26 heteroatoms. The number of para-hydroxylation sites is 1. The Bertz CT molecular complexity index is 2550. The van der Waals surface area contributed by atoms with E-state index < -0.39 is 108 Å². The third-order valence-corrected chi connectivity index (χ3v) is 14.0. The first-order chi connectivity index (χ1) is 37.6. The molecule has 26 nitrogen and oxygen atoms in total. The van der Waals surface area contributed by atoms with Gasteiger partial charge in [-0.15, -0.1) is 0 Å². The molecule has 17 N–H and O–H groups in total. The summed E-state index contributed by atoms with van der Waals surface area (Å²) in [4.78, 5) is 138. The topological polar surface area (TPSA) is 422 Å². The fraction of sp³-hybridized carbons (Fsp3) is 0.604. The number of rotatable bonds is 29. The second-order valence-electron chi connectivity index (χ2n) is 20.7. The van der Waals surface area contributed by atoms with Crippen molar-refractivity contribution < 1.29 is 53.4 Å². The number of H-pyrrole nitrogens is 2. The fourth-order valence-corrected chi connectivity index (χ4v) is 9.71. The predicted octanol–water partition coefficient (Wildman–Crippen LogP) is -0.140. The van der Waals surface area contributed by atoms with Crippen LogP contribution < -0.4 is 49.5 Å². The van der Waals surface area contributed by atoms with E-state index in [0.717, 1.165) is 17.8 Å². The van der Waals surface area contributed by atoms with Gasteiger partial charge >= 0.3 is 5.97 Å². The van der Waals surface area contributed by atoms with Crippen LogP contribution in [0.1, 0.15) is 117 Å². The summed E-state index contributed by atoms with van der Waals surface area (Å²) in [7, 11) is 0. The highest BCUT2D eigenvalue weighted by molar-refractivity contribution is 5.98. The average molecular weight is 1110 g/mol. The molecule has 2 aromatic heterocycles. The number of aromatic amines is 2. The number of guanidine groups is 1. The van der Waals surface area contributed by atoms with E-state index in [1.165, 1.54) is 16.1 Å². The molecule has 0 radical (unpaired) electrons. The largest absolute Gasteiger partial charge is 0.481 e. The Morgan fingerprint density at radius 1 is 0.759 bits per heavy atom. The lowest BCUT2D eigenvalue weighted by molar-refractivity contribution is -0.143. The van der Waals surface area contributed by atoms with Gasteiger partial charge in [0.1, 0.15) is 42.3 Å². The molecule has 2 aliphatic heterocycles. The summed E-state index contributed by atoms with van der Waals surface area (Å²) < 4.78 is 0. The highest BCUT2D eigenvalue weighted by Gasteiger charge is 2.42. The summed E-state index contributed by atoms with van der Waals surface area (Å²) in [6.45, 7) is 9.23. The van der Waals surface area contributed by atoms with E-state index in [4.69, 9.17) is 32.8 Å². The predicted molar refractivity (Wildman–Crippen MR) is 294 cm³/mol. The minimum atomic E-state index is -1.27. The number of unbranched alkanes of at least 4 members (excludes halogenated alkanes) is 1. The van der Waals surface area contributed by atoms with Crippen molar-refractivity contribution in [1.29, 1.82) is 0 Å². The lowest BCUT2D eigenvalue weighted by Crippen LogP contribution is -2.60. The number of carbonyl (C=O) groups excluding carboxylic acids is 7. The Kier molecular flexibility index (Phi) is 25.7. The number of carboxylic acid groups (broad SMARTS) is 2. The normalized spacial score (nSPS) is 17.7. The van der Waals surface area contributed by atoms with Gasteiger partial charge in [-0.05, 0) is 94.2 Å². The number of amides is 7. The molecule has 9 atom stereocenters. The van der Waals surface area contributed by atoms with Gasteiger partial charge < -0.3 is 79.5 Å². The van der Waals surface area contributed by atoms with Crippen LogP contribution in [0.3, 0.4) is 0 Å². The number of nitrogens with two attached hydrogens (primary N) is 4. The van der Waals surface area contributed by atoms with Gasteiger partial charge in [-0.3, -0.25) is 43.3 Å². The second-order valence-corrected chi connectivity index (χ2v) is 20.7. The van der Waals surface area contributed by atoms with Crippen LogP contribution in [0, 0.1) is 11.8 Å². The number of fused-ring (bicyclic) bond motifs is 1. The van der Waals surface area contributed by atoms with Crippen molar-refractivity contribution in [2.75, 3.05) is 26.2 Å². The van der Waals surface area contributed by atoms with Gasteiger partial charge in [-0.25, -0.2) is 9.78 Å². The summed E-state index contributed by atoms with van der Waals surface area (Å²) >= 11 is 0. The molecular weight excluding hydrogens is 1020 g/mol. The molecule has 79 heavy (non-hydrogen) atoms. The van der Waals surface area contributed by atoms with E-state index in [0.29, 0.717) is 62.9 Å². The van der Waals surface area contributed by atoms with E-state index in [1.807, 2.05) is 45.0 Å². The molecule has 2 aliphatic rings. The molecular formula is C53H83N15O11. The van der Waals surface area contributed by atoms with Gasteiger partial charge in [-0.2, -0.15) is 0 Å². The maximum Gasteiger partial charge on any atom is 0.326 e. The Balaban J connectivity index is 0.00000325. The summed E-state index contributed by atoms with van der Waals surface area (Å²) in [5, 5.41) is 32.1. The maximum absolute atomic E-state index is 14.8. The number of aromatic nitrogens is 3. The number of likely N-dealkylation sites (tertiary alicyclic amines) is 2. The van der Waals surface area contributed by atoms with Crippen LogP contribution in [0.15, 0.2) is 48.0 Å². The summed E-state index contributed by atoms with van der Waals surface area (Å²) in [6.07, 6.45) is 8.51. The van der Waals surface area contributed by atoms with Crippen molar-refractivity contribution in [3.05, 3.63) is 54.2 Å². The quantitative estimate of drug-likeness (QED) is 0.0244. The molecule has 0 aliphatic carbocycles. The van der Waals surface area contributed by atoms with Crippen molar-refractivity contribution in [2.45, 2.75) is 166 Å². The highest BCUT2D eigenvalue weighted by Crippen LogP contribution is 2.24. The average Bonchev–Trinajstić information content (AvgIpc) is 4.27.